The summed E-state index contributed by atoms with van der Waals surface area (Å²) in [6.07, 6.45) is 2.14. The van der Waals surface area contributed by atoms with Crippen LogP contribution < -0.4 is 0 Å². The maximum absolute atomic E-state index is 3.62. The van der Waals surface area contributed by atoms with E-state index in [4.69, 9.17) is 0 Å². The van der Waals surface area contributed by atoms with Gasteiger partial charge in [-0.3, -0.25) is 0 Å². The number of aromatic nitrogens is 3. The number of aryl methyl sites for hydroxylation is 2. The van der Waals surface area contributed by atoms with Crippen molar-refractivity contribution in [2.24, 2.45) is 0 Å². The fourth-order valence-electron chi connectivity index (χ4n) is 7.60. The fourth-order valence-corrected chi connectivity index (χ4v) is 7.60. The van der Waals surface area contributed by atoms with Crippen LogP contribution in [0.15, 0.2) is 121 Å². The minimum absolute atomic E-state index is 1.06. The number of hydrogen-bond donors (Lipinski definition) is 1. The van der Waals surface area contributed by atoms with Gasteiger partial charge in [-0.05, 0) is 78.6 Å². The number of nitrogens with zero attached hydrogens (tertiary/aromatic N) is 2. The molecular weight excluding hydrogens is 498 g/mol. The van der Waals surface area contributed by atoms with Crippen molar-refractivity contribution in [3.63, 3.8) is 0 Å². The van der Waals surface area contributed by atoms with E-state index in [0.29, 0.717) is 0 Å². The Morgan fingerprint density at radius 3 is 2.10 bits per heavy atom. The lowest BCUT2D eigenvalue weighted by molar-refractivity contribution is 0.971. The van der Waals surface area contributed by atoms with Crippen LogP contribution in [0.5, 0.6) is 0 Å². The monoisotopic (exact) mass is 523 g/mol. The van der Waals surface area contributed by atoms with Gasteiger partial charge in [0.2, 0.25) is 0 Å². The highest BCUT2D eigenvalue weighted by Gasteiger charge is 2.27. The second-order valence-electron chi connectivity index (χ2n) is 11.4. The average Bonchev–Trinajstić information content (AvgIpc) is 3.68. The summed E-state index contributed by atoms with van der Waals surface area (Å²) < 4.78 is 5.03. The zero-order chi connectivity index (χ0) is 26.7. The van der Waals surface area contributed by atoms with Gasteiger partial charge in [-0.25, -0.2) is 0 Å². The molecule has 1 aliphatic carbocycles. The number of hydrogen-bond acceptors (Lipinski definition) is 0. The van der Waals surface area contributed by atoms with Gasteiger partial charge in [0, 0.05) is 54.7 Å². The first-order valence-corrected chi connectivity index (χ1v) is 14.4. The van der Waals surface area contributed by atoms with E-state index in [1.54, 1.807) is 0 Å². The molecule has 0 saturated carbocycles. The largest absolute Gasteiger partial charge is 0.355 e. The highest BCUT2D eigenvalue weighted by molar-refractivity contribution is 6.26. The molecule has 3 heterocycles. The average molecular weight is 524 g/mol. The van der Waals surface area contributed by atoms with Crippen LogP contribution in [0.3, 0.4) is 0 Å². The Bertz CT molecular complexity index is 2520. The molecule has 1 aliphatic rings. The Morgan fingerprint density at radius 2 is 1.17 bits per heavy atom. The van der Waals surface area contributed by atoms with Gasteiger partial charge in [-0.1, -0.05) is 66.7 Å². The molecule has 1 N–H and O–H groups in total. The lowest BCUT2D eigenvalue weighted by atomic mass is 9.90. The first-order chi connectivity index (χ1) is 20.3. The molecule has 41 heavy (non-hydrogen) atoms. The number of H-pyrrole nitrogens is 1. The van der Waals surface area contributed by atoms with E-state index in [0.717, 1.165) is 12.8 Å². The van der Waals surface area contributed by atoms with E-state index in [9.17, 15) is 0 Å². The lowest BCUT2D eigenvalue weighted by Gasteiger charge is -2.15. The van der Waals surface area contributed by atoms with E-state index < -0.39 is 0 Å². The minimum Gasteiger partial charge on any atom is -0.355 e. The summed E-state index contributed by atoms with van der Waals surface area (Å²) in [7, 11) is 0. The second-order valence-corrected chi connectivity index (χ2v) is 11.4. The number of rotatable bonds is 2. The van der Waals surface area contributed by atoms with Gasteiger partial charge in [0.05, 0.1) is 22.1 Å². The standard InChI is InChI=1S/C38H25N3/c1-2-10-25(11-3-1)40-33-15-7-5-13-28(33)30-21-24-18-17-23-9-8-16-34-35(23)36(24)38(37(30)40)41(34)26-19-20-32-29(22-26)27-12-4-6-14-31(27)39-32/h1-16,19-22,39H,17-18H2. The molecule has 0 amide bonds. The van der Waals surface area contributed by atoms with E-state index in [1.165, 1.54) is 87.9 Å². The molecule has 3 nitrogen and oxygen atoms in total. The van der Waals surface area contributed by atoms with Gasteiger partial charge in [-0.15, -0.1) is 0 Å². The van der Waals surface area contributed by atoms with Crippen LogP contribution in [0.25, 0.3) is 76.8 Å². The molecule has 0 atom stereocenters. The summed E-state index contributed by atoms with van der Waals surface area (Å²) in [6, 6.07) is 44.6. The molecule has 10 rings (SSSR count). The molecule has 0 aliphatic heterocycles. The van der Waals surface area contributed by atoms with Gasteiger partial charge in [-0.2, -0.15) is 0 Å². The Morgan fingerprint density at radius 1 is 0.439 bits per heavy atom. The molecule has 3 heteroatoms. The van der Waals surface area contributed by atoms with Crippen LogP contribution in [-0.4, -0.2) is 14.1 Å². The highest BCUT2D eigenvalue weighted by Crippen LogP contribution is 2.46. The normalized spacial score (nSPS) is 13.2. The molecule has 6 aromatic carbocycles. The van der Waals surface area contributed by atoms with Crippen LogP contribution >= 0.6 is 0 Å². The summed E-state index contributed by atoms with van der Waals surface area (Å²) >= 11 is 0. The van der Waals surface area contributed by atoms with E-state index >= 15 is 0 Å². The summed E-state index contributed by atoms with van der Waals surface area (Å²) in [4.78, 5) is 3.62. The first-order valence-electron chi connectivity index (χ1n) is 14.4. The molecule has 0 unspecified atom stereocenters. The third-order valence-electron chi connectivity index (χ3n) is 9.28. The Balaban J connectivity index is 1.47. The maximum atomic E-state index is 3.62. The van der Waals surface area contributed by atoms with Crippen molar-refractivity contribution in [2.45, 2.75) is 12.8 Å². The predicted octanol–water partition coefficient (Wildman–Crippen LogP) is 9.61. The fraction of sp³-hybridized carbons (Fsp3) is 0.0526. The smallest absolute Gasteiger partial charge is 0.0791 e. The predicted molar refractivity (Wildman–Crippen MR) is 172 cm³/mol. The van der Waals surface area contributed by atoms with Crippen molar-refractivity contribution in [1.82, 2.24) is 14.1 Å². The van der Waals surface area contributed by atoms with Crippen molar-refractivity contribution in [1.29, 1.82) is 0 Å². The molecule has 0 spiro atoms. The number of benzene rings is 6. The van der Waals surface area contributed by atoms with Crippen molar-refractivity contribution in [3.8, 4) is 11.4 Å². The van der Waals surface area contributed by atoms with Crippen LogP contribution in [0.4, 0.5) is 0 Å². The van der Waals surface area contributed by atoms with Crippen LogP contribution in [0, 0.1) is 0 Å². The lowest BCUT2D eigenvalue weighted by Crippen LogP contribution is -2.00. The zero-order valence-corrected chi connectivity index (χ0v) is 22.4. The number of para-hydroxylation sites is 3. The summed E-state index contributed by atoms with van der Waals surface area (Å²) in [5, 5.41) is 7.98. The summed E-state index contributed by atoms with van der Waals surface area (Å²) in [5.41, 5.74) is 12.8. The quantitative estimate of drug-likeness (QED) is 0.233. The Hall–Kier alpha value is -5.28. The van der Waals surface area contributed by atoms with Crippen molar-refractivity contribution < 1.29 is 0 Å². The number of aromatic amines is 1. The number of nitrogens with one attached hydrogen (secondary N) is 1. The topological polar surface area (TPSA) is 25.6 Å². The number of fused-ring (bicyclic) bond motifs is 7. The SMILES string of the molecule is c1ccc(-n2c3ccccc3c3cc4c5c6c(cccc6n(-c6ccc7[nH]c8ccccc8c7c6)c5c32)CC4)cc1. The molecule has 0 radical (unpaired) electrons. The van der Waals surface area contributed by atoms with Gasteiger partial charge in [0.15, 0.2) is 0 Å². The van der Waals surface area contributed by atoms with E-state index in [2.05, 4.69) is 135 Å². The molecule has 0 saturated heterocycles. The Labute approximate surface area is 235 Å². The minimum atomic E-state index is 1.06. The van der Waals surface area contributed by atoms with Gasteiger partial charge in [0.1, 0.15) is 0 Å². The molecule has 0 bridgehead atoms. The third-order valence-corrected chi connectivity index (χ3v) is 9.28. The third kappa shape index (κ3) is 2.73. The molecular formula is C38H25N3. The summed E-state index contributed by atoms with van der Waals surface area (Å²) in [5.74, 6) is 0. The zero-order valence-electron chi connectivity index (χ0n) is 22.4. The molecule has 0 fully saturated rings. The first kappa shape index (κ1) is 21.5. The van der Waals surface area contributed by atoms with Crippen LogP contribution in [0.1, 0.15) is 11.1 Å². The van der Waals surface area contributed by atoms with Crippen molar-refractivity contribution in [3.05, 3.63) is 132 Å². The van der Waals surface area contributed by atoms with Gasteiger partial charge >= 0.3 is 0 Å². The maximum Gasteiger partial charge on any atom is 0.0791 e. The molecule has 3 aromatic heterocycles. The van der Waals surface area contributed by atoms with Crippen molar-refractivity contribution >= 4 is 65.4 Å². The van der Waals surface area contributed by atoms with E-state index in [1.807, 2.05) is 0 Å². The van der Waals surface area contributed by atoms with Crippen molar-refractivity contribution in [2.75, 3.05) is 0 Å². The summed E-state index contributed by atoms with van der Waals surface area (Å²) in [6.45, 7) is 0. The molecule has 9 aromatic rings. The van der Waals surface area contributed by atoms with E-state index in [-0.39, 0.29) is 0 Å². The second kappa shape index (κ2) is 7.67. The van der Waals surface area contributed by atoms with Crippen LogP contribution in [0.2, 0.25) is 0 Å². The molecule has 192 valence electrons. The van der Waals surface area contributed by atoms with Gasteiger partial charge in [0.25, 0.3) is 0 Å². The highest BCUT2D eigenvalue weighted by atomic mass is 15.0. The van der Waals surface area contributed by atoms with Crippen LogP contribution in [-0.2, 0) is 12.8 Å². The van der Waals surface area contributed by atoms with Gasteiger partial charge < -0.3 is 14.1 Å². The Kier molecular flexibility index (Phi) is 4.03.